The van der Waals surface area contributed by atoms with Crippen LogP contribution in [-0.2, 0) is 33.6 Å². The van der Waals surface area contributed by atoms with Gasteiger partial charge in [0.05, 0.1) is 0 Å². The van der Waals surface area contributed by atoms with Crippen LogP contribution in [0.1, 0.15) is 0 Å². The van der Waals surface area contributed by atoms with Gasteiger partial charge in [-0.2, -0.15) is 0 Å². The maximum Gasteiger partial charge on any atom is 0.187 e. The molecular weight excluding hydrogens is 456 g/mol. The minimum absolute atomic E-state index is 0. The van der Waals surface area contributed by atoms with Crippen LogP contribution < -0.4 is 0 Å². The number of rotatable bonds is 0. The average molecular weight is 463 g/mol. The number of hydrogen-bond acceptors (Lipinski definition) is 0. The van der Waals surface area contributed by atoms with Crippen molar-refractivity contribution in [3.63, 3.8) is 0 Å². The molecule has 6 heteroatoms. The largest absolute Gasteiger partial charge is 0.187 e. The molecule has 0 amide bonds. The number of hydrogen-bond donors (Lipinski definition) is 0. The molecule has 0 aromatic rings. The van der Waals surface area contributed by atoms with Crippen molar-refractivity contribution in [3.8, 4) is 0 Å². The fourth-order valence-corrected chi connectivity index (χ4v) is 0. The summed E-state index contributed by atoms with van der Waals surface area (Å²) in [6.07, 6.45) is 0. The molecule has 0 unspecified atom stereocenters. The van der Waals surface area contributed by atoms with Gasteiger partial charge in [0.25, 0.3) is 0 Å². The van der Waals surface area contributed by atoms with Gasteiger partial charge in [-0.3, -0.25) is 0 Å². The van der Waals surface area contributed by atoms with Gasteiger partial charge in [0.2, 0.25) is 0 Å². The Morgan fingerprint density at radius 2 is 1.00 bits per heavy atom. The summed E-state index contributed by atoms with van der Waals surface area (Å²) in [5.41, 5.74) is 0. The summed E-state index contributed by atoms with van der Waals surface area (Å²) in [5.74, 6) is 0. The van der Waals surface area contributed by atoms with Gasteiger partial charge >= 0.3 is 0 Å². The third-order valence-corrected chi connectivity index (χ3v) is 0. The molecule has 0 aromatic heterocycles. The zero-order chi connectivity index (χ0) is 0. The summed E-state index contributed by atoms with van der Waals surface area (Å²) in [6, 6.07) is 0. The van der Waals surface area contributed by atoms with E-state index in [0.29, 0.717) is 0 Å². The molecule has 0 aromatic carbocycles. The SMILES string of the molecule is [AlH3].[Ce].[Cu].[La].[Ni].[SiH4]. The molecule has 0 saturated carbocycles. The van der Waals surface area contributed by atoms with Crippen LogP contribution in [0.25, 0.3) is 0 Å². The van der Waals surface area contributed by atoms with E-state index in [1.165, 1.54) is 0 Å². The summed E-state index contributed by atoms with van der Waals surface area (Å²) in [6.45, 7) is 0. The van der Waals surface area contributed by atoms with Crippen molar-refractivity contribution < 1.29 is 111 Å². The quantitative estimate of drug-likeness (QED) is 0.345. The standard InChI is InChI=1S/Al.Ce.Cu.La.Ni.H4Si.3H/h;;;;;1H4;;;. The summed E-state index contributed by atoms with van der Waals surface area (Å²) in [7, 11) is 0. The summed E-state index contributed by atoms with van der Waals surface area (Å²) in [4.78, 5) is 0. The predicted octanol–water partition coefficient (Wildman–Crippen LogP) is -2.64. The Morgan fingerprint density at radius 1 is 1.00 bits per heavy atom. The van der Waals surface area contributed by atoms with E-state index in [1.54, 1.807) is 0 Å². The molecular formula is H7AlCeCuLaNiSi. The molecule has 0 aliphatic heterocycles. The van der Waals surface area contributed by atoms with E-state index in [0.717, 1.165) is 0 Å². The van der Waals surface area contributed by atoms with E-state index in [9.17, 15) is 0 Å². The predicted molar refractivity (Wildman–Crippen MR) is 21.3 cm³/mol. The van der Waals surface area contributed by atoms with E-state index in [-0.39, 0.29) is 139 Å². The van der Waals surface area contributed by atoms with Gasteiger partial charge in [-0.05, 0) is 11.0 Å². The molecule has 2 radical (unpaired) electrons. The van der Waals surface area contributed by atoms with E-state index >= 15 is 0 Å². The normalized spacial score (nSPS) is 0. The smallest absolute Gasteiger partial charge is 0.0149 e. The summed E-state index contributed by atoms with van der Waals surface area (Å²) < 4.78 is 0. The Balaban J connectivity index is 0. The molecule has 0 N–H and O–H groups in total. The molecule has 0 rings (SSSR count). The first kappa shape index (κ1) is 47.9. The van der Waals surface area contributed by atoms with E-state index in [2.05, 4.69) is 0 Å². The van der Waals surface area contributed by atoms with E-state index in [1.807, 2.05) is 0 Å². The Kier molecular flexibility index (Phi) is 276. The summed E-state index contributed by atoms with van der Waals surface area (Å²) in [5, 5.41) is 0. The van der Waals surface area contributed by atoms with Gasteiger partial charge in [0.1, 0.15) is 0 Å². The fourth-order valence-electron chi connectivity index (χ4n) is 0. The van der Waals surface area contributed by atoms with Gasteiger partial charge in [-0.25, -0.2) is 0 Å². The van der Waals surface area contributed by atoms with Crippen LogP contribution >= 0.6 is 0 Å². The first-order valence-corrected chi connectivity index (χ1v) is 0. The Bertz CT molecular complexity index is 15.5. The van der Waals surface area contributed by atoms with Gasteiger partial charge < -0.3 is 0 Å². The monoisotopic (exact) mass is 462 g/mol. The Hall–Kier alpha value is 4.33. The van der Waals surface area contributed by atoms with Crippen LogP contribution in [0.15, 0.2) is 0 Å². The molecule has 0 bridgehead atoms. The molecule has 0 saturated heterocycles. The summed E-state index contributed by atoms with van der Waals surface area (Å²) >= 11 is 0. The van der Waals surface area contributed by atoms with Crippen LogP contribution in [0, 0.1) is 77.3 Å². The van der Waals surface area contributed by atoms with Crippen LogP contribution in [0.4, 0.5) is 0 Å². The zero-order valence-corrected chi connectivity index (χ0v) is 10.4. The van der Waals surface area contributed by atoms with Gasteiger partial charge in [-0.1, -0.05) is 0 Å². The second kappa shape index (κ2) is 34.5. The van der Waals surface area contributed by atoms with Crippen molar-refractivity contribution in [2.75, 3.05) is 0 Å². The van der Waals surface area contributed by atoms with E-state index in [4.69, 9.17) is 0 Å². The Morgan fingerprint density at radius 3 is 1.00 bits per heavy atom. The maximum atomic E-state index is 0. The molecule has 0 heterocycles. The van der Waals surface area contributed by atoms with E-state index < -0.39 is 0 Å². The third-order valence-electron chi connectivity index (χ3n) is 0. The zero-order valence-electron chi connectivity index (χ0n) is 1.70. The van der Waals surface area contributed by atoms with Gasteiger partial charge in [-0.15, -0.1) is 0 Å². The van der Waals surface area contributed by atoms with Crippen molar-refractivity contribution >= 4 is 28.3 Å². The average Bonchev–Trinajstić information content (AvgIpc) is 0. The molecule has 0 nitrogen and oxygen atoms in total. The van der Waals surface area contributed by atoms with Gasteiger partial charge in [0, 0.05) is 111 Å². The minimum Gasteiger partial charge on any atom is -0.0149 e. The molecule has 42 valence electrons. The topological polar surface area (TPSA) is 0 Å². The van der Waals surface area contributed by atoms with Crippen molar-refractivity contribution in [1.29, 1.82) is 0 Å². The maximum absolute atomic E-state index is 0. The first-order chi connectivity index (χ1) is 0. The van der Waals surface area contributed by atoms with Crippen molar-refractivity contribution in [2.24, 2.45) is 0 Å². The first-order valence-electron chi connectivity index (χ1n) is 0. The van der Waals surface area contributed by atoms with Crippen LogP contribution in [0.2, 0.25) is 0 Å². The molecule has 0 fully saturated rings. The van der Waals surface area contributed by atoms with Crippen LogP contribution in [0.5, 0.6) is 0 Å². The van der Waals surface area contributed by atoms with Gasteiger partial charge in [0.15, 0.2) is 17.4 Å². The van der Waals surface area contributed by atoms with Crippen LogP contribution in [-0.4, -0.2) is 28.3 Å². The molecule has 0 spiro atoms. The second-order valence-electron chi connectivity index (χ2n) is 0. The fraction of sp³-hybridized carbons (Fsp3) is 0. The van der Waals surface area contributed by atoms with Crippen LogP contribution in [0.3, 0.4) is 0 Å². The van der Waals surface area contributed by atoms with Crippen molar-refractivity contribution in [1.82, 2.24) is 0 Å². The third kappa shape index (κ3) is 23.9. The molecule has 0 atom stereocenters. The molecule has 6 heavy (non-hydrogen) atoms. The Labute approximate surface area is 136 Å². The van der Waals surface area contributed by atoms with Crippen molar-refractivity contribution in [2.45, 2.75) is 0 Å². The second-order valence-corrected chi connectivity index (χ2v) is 0. The molecule has 0 aliphatic carbocycles. The minimum atomic E-state index is 0. The molecule has 0 aliphatic rings. The van der Waals surface area contributed by atoms with Crippen molar-refractivity contribution in [3.05, 3.63) is 0 Å².